The summed E-state index contributed by atoms with van der Waals surface area (Å²) in [7, 11) is 1.61. The van der Waals surface area contributed by atoms with E-state index in [1.165, 1.54) is 0 Å². The zero-order valence-corrected chi connectivity index (χ0v) is 17.8. The number of aromatic nitrogens is 3. The summed E-state index contributed by atoms with van der Waals surface area (Å²) in [5.41, 5.74) is 8.09. The van der Waals surface area contributed by atoms with E-state index in [4.69, 9.17) is 24.7 Å². The van der Waals surface area contributed by atoms with Crippen LogP contribution in [0, 0.1) is 0 Å². The standard InChI is InChI=1S/C22H28N4O4/c1-5-28-17-11-8-14(12-19(17)30-7-3)20(23)22-24-21(25-26-22)15-9-10-16(27-4)18(13-15)29-6-2/h8-13,20H,5-7,23H2,1-4H3,(H,24,25,26)/t20-/m1/s1. The fraction of sp³-hybridized carbons (Fsp3) is 0.364. The highest BCUT2D eigenvalue weighted by Crippen LogP contribution is 2.33. The first-order valence-corrected chi connectivity index (χ1v) is 9.99. The average molecular weight is 412 g/mol. The van der Waals surface area contributed by atoms with Crippen molar-refractivity contribution in [1.29, 1.82) is 0 Å². The summed E-state index contributed by atoms with van der Waals surface area (Å²) < 4.78 is 22.3. The van der Waals surface area contributed by atoms with Crippen LogP contribution in [0.4, 0.5) is 0 Å². The van der Waals surface area contributed by atoms with E-state index in [2.05, 4.69) is 15.2 Å². The smallest absolute Gasteiger partial charge is 0.181 e. The Balaban J connectivity index is 1.87. The van der Waals surface area contributed by atoms with Gasteiger partial charge in [0.1, 0.15) is 5.82 Å². The van der Waals surface area contributed by atoms with E-state index >= 15 is 0 Å². The summed E-state index contributed by atoms with van der Waals surface area (Å²) in [6.45, 7) is 7.40. The Kier molecular flexibility index (Phi) is 7.13. The van der Waals surface area contributed by atoms with Crippen LogP contribution >= 0.6 is 0 Å². The Bertz CT molecular complexity index is 974. The number of hydrogen-bond acceptors (Lipinski definition) is 7. The molecule has 0 saturated carbocycles. The molecule has 0 bridgehead atoms. The van der Waals surface area contributed by atoms with Crippen molar-refractivity contribution in [2.75, 3.05) is 26.9 Å². The van der Waals surface area contributed by atoms with Crippen molar-refractivity contribution in [3.05, 3.63) is 47.8 Å². The van der Waals surface area contributed by atoms with Gasteiger partial charge in [-0.2, -0.15) is 5.10 Å². The number of benzene rings is 2. The number of aromatic amines is 1. The lowest BCUT2D eigenvalue weighted by Gasteiger charge is -2.15. The molecule has 3 N–H and O–H groups in total. The van der Waals surface area contributed by atoms with Crippen LogP contribution in [0.25, 0.3) is 11.4 Å². The molecular weight excluding hydrogens is 384 g/mol. The van der Waals surface area contributed by atoms with Crippen LogP contribution < -0.4 is 24.7 Å². The van der Waals surface area contributed by atoms with E-state index in [-0.39, 0.29) is 0 Å². The predicted molar refractivity (Wildman–Crippen MR) is 114 cm³/mol. The fourth-order valence-electron chi connectivity index (χ4n) is 3.05. The molecule has 1 atom stereocenters. The highest BCUT2D eigenvalue weighted by Gasteiger charge is 2.18. The number of hydrogen-bond donors (Lipinski definition) is 2. The third-order valence-corrected chi connectivity index (χ3v) is 4.45. The first-order valence-electron chi connectivity index (χ1n) is 9.99. The first-order chi connectivity index (χ1) is 14.6. The maximum Gasteiger partial charge on any atom is 0.181 e. The molecule has 8 nitrogen and oxygen atoms in total. The average Bonchev–Trinajstić information content (AvgIpc) is 3.25. The van der Waals surface area contributed by atoms with Gasteiger partial charge in [-0.1, -0.05) is 6.07 Å². The number of H-pyrrole nitrogens is 1. The Hall–Kier alpha value is -3.26. The molecule has 0 aliphatic carbocycles. The molecule has 8 heteroatoms. The zero-order valence-electron chi connectivity index (χ0n) is 17.8. The molecule has 3 rings (SSSR count). The van der Waals surface area contributed by atoms with Gasteiger partial charge in [-0.25, -0.2) is 4.98 Å². The molecule has 0 fully saturated rings. The van der Waals surface area contributed by atoms with E-state index in [0.29, 0.717) is 54.5 Å². The monoisotopic (exact) mass is 412 g/mol. The number of methoxy groups -OCH3 is 1. The van der Waals surface area contributed by atoms with E-state index in [1.54, 1.807) is 7.11 Å². The summed E-state index contributed by atoms with van der Waals surface area (Å²) in [4.78, 5) is 4.59. The quantitative estimate of drug-likeness (QED) is 0.523. The normalized spacial score (nSPS) is 11.8. The molecule has 0 radical (unpaired) electrons. The van der Waals surface area contributed by atoms with Crippen LogP contribution in [-0.2, 0) is 0 Å². The molecule has 2 aromatic carbocycles. The minimum atomic E-state index is -0.495. The van der Waals surface area contributed by atoms with E-state index in [1.807, 2.05) is 57.2 Å². The second kappa shape index (κ2) is 9.98. The first kappa shape index (κ1) is 21.4. The summed E-state index contributed by atoms with van der Waals surface area (Å²) >= 11 is 0. The number of ether oxygens (including phenoxy) is 4. The van der Waals surface area contributed by atoms with Gasteiger partial charge in [-0.3, -0.25) is 5.10 Å². The number of nitrogens with zero attached hydrogens (tertiary/aromatic N) is 2. The Morgan fingerprint density at radius 3 is 2.17 bits per heavy atom. The van der Waals surface area contributed by atoms with Gasteiger partial charge >= 0.3 is 0 Å². The molecule has 0 aliphatic rings. The van der Waals surface area contributed by atoms with Crippen molar-refractivity contribution < 1.29 is 18.9 Å². The maximum absolute atomic E-state index is 6.45. The summed E-state index contributed by atoms with van der Waals surface area (Å²) in [5, 5.41) is 7.27. The predicted octanol–water partition coefficient (Wildman–Crippen LogP) is 3.72. The molecule has 30 heavy (non-hydrogen) atoms. The highest BCUT2D eigenvalue weighted by atomic mass is 16.5. The van der Waals surface area contributed by atoms with Gasteiger partial charge in [-0.05, 0) is 56.7 Å². The molecule has 1 aromatic heterocycles. The molecule has 3 aromatic rings. The minimum absolute atomic E-state index is 0.495. The van der Waals surface area contributed by atoms with Gasteiger partial charge in [0.15, 0.2) is 28.8 Å². The van der Waals surface area contributed by atoms with E-state index in [0.717, 1.165) is 11.1 Å². The Morgan fingerprint density at radius 2 is 1.50 bits per heavy atom. The Labute approximate surface area is 176 Å². The number of nitrogens with two attached hydrogens (primary N) is 1. The van der Waals surface area contributed by atoms with Gasteiger partial charge < -0.3 is 24.7 Å². The lowest BCUT2D eigenvalue weighted by Crippen LogP contribution is -2.14. The third-order valence-electron chi connectivity index (χ3n) is 4.45. The van der Waals surface area contributed by atoms with Crippen LogP contribution in [0.1, 0.15) is 38.2 Å². The van der Waals surface area contributed by atoms with Crippen LogP contribution in [0.2, 0.25) is 0 Å². The van der Waals surface area contributed by atoms with Gasteiger partial charge in [0.25, 0.3) is 0 Å². The van der Waals surface area contributed by atoms with Crippen molar-refractivity contribution in [1.82, 2.24) is 15.2 Å². The molecule has 0 amide bonds. The largest absolute Gasteiger partial charge is 0.493 e. The van der Waals surface area contributed by atoms with Crippen molar-refractivity contribution in [3.8, 4) is 34.4 Å². The second-order valence-electron chi connectivity index (χ2n) is 6.39. The van der Waals surface area contributed by atoms with Gasteiger partial charge in [-0.15, -0.1) is 0 Å². The van der Waals surface area contributed by atoms with Gasteiger partial charge in [0.05, 0.1) is 33.0 Å². The van der Waals surface area contributed by atoms with Crippen LogP contribution in [0.15, 0.2) is 36.4 Å². The summed E-state index contributed by atoms with van der Waals surface area (Å²) in [5.74, 6) is 3.72. The van der Waals surface area contributed by atoms with Crippen molar-refractivity contribution in [2.24, 2.45) is 5.73 Å². The number of nitrogens with one attached hydrogen (secondary N) is 1. The fourth-order valence-corrected chi connectivity index (χ4v) is 3.05. The minimum Gasteiger partial charge on any atom is -0.493 e. The van der Waals surface area contributed by atoms with Crippen molar-refractivity contribution in [3.63, 3.8) is 0 Å². The molecule has 0 saturated heterocycles. The molecule has 1 heterocycles. The third kappa shape index (κ3) is 4.65. The summed E-state index contributed by atoms with van der Waals surface area (Å²) in [6.07, 6.45) is 0. The van der Waals surface area contributed by atoms with E-state index < -0.39 is 6.04 Å². The highest BCUT2D eigenvalue weighted by molar-refractivity contribution is 5.61. The lowest BCUT2D eigenvalue weighted by molar-refractivity contribution is 0.287. The summed E-state index contributed by atoms with van der Waals surface area (Å²) in [6, 6.07) is 10.7. The molecule has 160 valence electrons. The SMILES string of the molecule is CCOc1cc(-c2n[nH]c([C@H](N)c3ccc(OCC)c(OCC)c3)n2)ccc1OC. The van der Waals surface area contributed by atoms with Crippen LogP contribution in [-0.4, -0.2) is 42.1 Å². The Morgan fingerprint density at radius 1 is 0.867 bits per heavy atom. The van der Waals surface area contributed by atoms with Gasteiger partial charge in [0, 0.05) is 5.56 Å². The lowest BCUT2D eigenvalue weighted by atomic mass is 10.1. The second-order valence-corrected chi connectivity index (χ2v) is 6.39. The molecule has 0 spiro atoms. The zero-order chi connectivity index (χ0) is 21.5. The van der Waals surface area contributed by atoms with Crippen molar-refractivity contribution >= 4 is 0 Å². The van der Waals surface area contributed by atoms with Crippen molar-refractivity contribution in [2.45, 2.75) is 26.8 Å². The van der Waals surface area contributed by atoms with Crippen LogP contribution in [0.3, 0.4) is 0 Å². The topological polar surface area (TPSA) is 105 Å². The maximum atomic E-state index is 6.45. The van der Waals surface area contributed by atoms with E-state index in [9.17, 15) is 0 Å². The van der Waals surface area contributed by atoms with Gasteiger partial charge in [0.2, 0.25) is 0 Å². The molecule has 0 aliphatic heterocycles. The molecule has 0 unspecified atom stereocenters. The number of rotatable bonds is 10. The molecular formula is C22H28N4O4. The van der Waals surface area contributed by atoms with Crippen LogP contribution in [0.5, 0.6) is 23.0 Å².